The first-order chi connectivity index (χ1) is 14.7. The number of H-pyrrole nitrogens is 1. The molecule has 1 N–H and O–H groups in total. The van der Waals surface area contributed by atoms with E-state index in [0.717, 1.165) is 37.2 Å². The second-order valence-corrected chi connectivity index (χ2v) is 10.1. The van der Waals surface area contributed by atoms with Gasteiger partial charge in [-0.15, -0.1) is 0 Å². The molecule has 1 aromatic carbocycles. The molecule has 4 atom stereocenters. The van der Waals surface area contributed by atoms with Crippen molar-refractivity contribution in [2.24, 2.45) is 10.8 Å². The van der Waals surface area contributed by atoms with Gasteiger partial charge in [-0.05, 0) is 50.5 Å². The summed E-state index contributed by atoms with van der Waals surface area (Å²) in [6.45, 7) is 10.8. The van der Waals surface area contributed by atoms with E-state index in [4.69, 9.17) is 14.2 Å². The minimum Gasteiger partial charge on any atom is -0.497 e. The summed E-state index contributed by atoms with van der Waals surface area (Å²) >= 11 is 0. The number of piperidine rings is 1. The zero-order valence-corrected chi connectivity index (χ0v) is 19.3. The Morgan fingerprint density at radius 2 is 2.03 bits per heavy atom. The van der Waals surface area contributed by atoms with E-state index >= 15 is 0 Å². The van der Waals surface area contributed by atoms with E-state index in [-0.39, 0.29) is 28.4 Å². The molecule has 1 saturated heterocycles. The lowest BCUT2D eigenvalue weighted by atomic mass is 9.50. The summed E-state index contributed by atoms with van der Waals surface area (Å²) in [4.78, 5) is 19.1. The molecule has 0 spiro atoms. The standard InChI is InChI=1S/C25H32N2O4/c1-15-24(3)14-27-10-9-17-18-11-16(29-5)7-8-20(18)26-21(17)25(27,4)13-23(24,2)19(12-31-15)22(28)30-6/h7-8,11-12,15,26H,9-10,13-14H2,1-6H3. The van der Waals surface area contributed by atoms with E-state index in [1.54, 1.807) is 13.4 Å². The van der Waals surface area contributed by atoms with Crippen LogP contribution in [0.3, 0.4) is 0 Å². The molecule has 3 aliphatic rings. The highest BCUT2D eigenvalue weighted by Crippen LogP contribution is 2.62. The van der Waals surface area contributed by atoms with Crippen molar-refractivity contribution in [1.29, 1.82) is 0 Å². The van der Waals surface area contributed by atoms with Crippen LogP contribution in [-0.2, 0) is 26.2 Å². The minimum atomic E-state index is -0.382. The van der Waals surface area contributed by atoms with Crippen LogP contribution in [0, 0.1) is 10.8 Å². The number of aromatic amines is 1. The third-order valence-electron chi connectivity index (χ3n) is 8.75. The Labute approximate surface area is 183 Å². The van der Waals surface area contributed by atoms with Crippen molar-refractivity contribution < 1.29 is 19.0 Å². The monoisotopic (exact) mass is 424 g/mol. The topological polar surface area (TPSA) is 63.8 Å². The first-order valence-corrected chi connectivity index (χ1v) is 11.1. The van der Waals surface area contributed by atoms with Crippen LogP contribution in [0.2, 0.25) is 0 Å². The SMILES string of the molecule is COC(=O)C1=COC(C)C2(C)CN3CCc4c([nH]c5ccc(OC)cc45)C3(C)CC12C. The largest absolute Gasteiger partial charge is 0.497 e. The normalized spacial score (nSPS) is 34.8. The maximum absolute atomic E-state index is 12.8. The van der Waals surface area contributed by atoms with Gasteiger partial charge in [-0.3, -0.25) is 4.90 Å². The molecule has 4 unspecified atom stereocenters. The number of methoxy groups -OCH3 is 2. The van der Waals surface area contributed by atoms with E-state index in [9.17, 15) is 4.79 Å². The van der Waals surface area contributed by atoms with Gasteiger partial charge in [0.05, 0.1) is 31.6 Å². The molecule has 5 rings (SSSR count). The Morgan fingerprint density at radius 3 is 2.74 bits per heavy atom. The average molecular weight is 425 g/mol. The fourth-order valence-electron chi connectivity index (χ4n) is 6.45. The van der Waals surface area contributed by atoms with Gasteiger partial charge in [0.1, 0.15) is 11.9 Å². The van der Waals surface area contributed by atoms with Crippen LogP contribution in [0.4, 0.5) is 0 Å². The lowest BCUT2D eigenvalue weighted by molar-refractivity contribution is -0.168. The van der Waals surface area contributed by atoms with Crippen molar-refractivity contribution >= 4 is 16.9 Å². The first-order valence-electron chi connectivity index (χ1n) is 11.1. The number of benzene rings is 1. The number of esters is 1. The molecule has 0 amide bonds. The van der Waals surface area contributed by atoms with E-state index in [2.05, 4.69) is 49.7 Å². The van der Waals surface area contributed by atoms with Gasteiger partial charge >= 0.3 is 5.97 Å². The van der Waals surface area contributed by atoms with E-state index in [0.29, 0.717) is 5.57 Å². The molecule has 166 valence electrons. The number of aromatic nitrogens is 1. The number of carbonyl (C=O) groups is 1. The fourth-order valence-corrected chi connectivity index (χ4v) is 6.45. The summed E-state index contributed by atoms with van der Waals surface area (Å²) in [7, 11) is 3.15. The molecule has 2 aromatic rings. The summed E-state index contributed by atoms with van der Waals surface area (Å²) in [5.74, 6) is 0.578. The van der Waals surface area contributed by atoms with Crippen molar-refractivity contribution in [3.8, 4) is 5.75 Å². The van der Waals surface area contributed by atoms with Gasteiger partial charge in [0.25, 0.3) is 0 Å². The van der Waals surface area contributed by atoms with Crippen LogP contribution in [0.15, 0.2) is 30.0 Å². The second kappa shape index (κ2) is 6.52. The Morgan fingerprint density at radius 1 is 1.26 bits per heavy atom. The van der Waals surface area contributed by atoms with Crippen LogP contribution in [0.5, 0.6) is 5.75 Å². The van der Waals surface area contributed by atoms with E-state index in [1.165, 1.54) is 23.8 Å². The van der Waals surface area contributed by atoms with Gasteiger partial charge in [-0.1, -0.05) is 13.8 Å². The minimum absolute atomic E-state index is 0.00354. The molecule has 6 nitrogen and oxygen atoms in total. The van der Waals surface area contributed by atoms with Crippen molar-refractivity contribution in [2.75, 3.05) is 27.3 Å². The lowest BCUT2D eigenvalue weighted by Crippen LogP contribution is -2.67. The number of hydrogen-bond acceptors (Lipinski definition) is 5. The highest BCUT2D eigenvalue weighted by Gasteiger charge is 2.64. The Hall–Kier alpha value is -2.47. The van der Waals surface area contributed by atoms with Crippen LogP contribution in [-0.4, -0.2) is 49.3 Å². The van der Waals surface area contributed by atoms with Crippen molar-refractivity contribution in [3.05, 3.63) is 41.3 Å². The number of fused-ring (bicyclic) bond motifs is 6. The molecule has 1 aromatic heterocycles. The maximum Gasteiger partial charge on any atom is 0.337 e. The van der Waals surface area contributed by atoms with Gasteiger partial charge in [0.15, 0.2) is 0 Å². The zero-order valence-electron chi connectivity index (χ0n) is 19.3. The smallest absolute Gasteiger partial charge is 0.337 e. The van der Waals surface area contributed by atoms with Crippen LogP contribution >= 0.6 is 0 Å². The summed E-state index contributed by atoms with van der Waals surface area (Å²) in [5.41, 5.74) is 3.58. The van der Waals surface area contributed by atoms with Gasteiger partial charge in [0.2, 0.25) is 0 Å². The molecule has 0 radical (unpaired) electrons. The Bertz CT molecular complexity index is 1100. The van der Waals surface area contributed by atoms with Gasteiger partial charge in [-0.25, -0.2) is 4.79 Å². The molecule has 6 heteroatoms. The van der Waals surface area contributed by atoms with Gasteiger partial charge < -0.3 is 19.2 Å². The molecule has 4 heterocycles. The maximum atomic E-state index is 12.8. The lowest BCUT2D eigenvalue weighted by Gasteiger charge is -2.64. The first kappa shape index (κ1) is 20.4. The van der Waals surface area contributed by atoms with Crippen LogP contribution in [0.25, 0.3) is 10.9 Å². The average Bonchev–Trinajstić information content (AvgIpc) is 3.13. The molecule has 0 aliphatic carbocycles. The summed E-state index contributed by atoms with van der Waals surface area (Å²) in [5, 5.41) is 1.23. The number of nitrogens with one attached hydrogen (secondary N) is 1. The van der Waals surface area contributed by atoms with Crippen LogP contribution in [0.1, 0.15) is 45.4 Å². The fraction of sp³-hybridized carbons (Fsp3) is 0.560. The van der Waals surface area contributed by atoms with Gasteiger partial charge in [-0.2, -0.15) is 0 Å². The summed E-state index contributed by atoms with van der Waals surface area (Å²) in [6.07, 6.45) is 3.45. The number of rotatable bonds is 2. The van der Waals surface area contributed by atoms with Crippen molar-refractivity contribution in [3.63, 3.8) is 0 Å². The highest BCUT2D eigenvalue weighted by atomic mass is 16.5. The summed E-state index contributed by atoms with van der Waals surface area (Å²) < 4.78 is 16.7. The molecule has 0 bridgehead atoms. The third kappa shape index (κ3) is 2.51. The molecule has 0 saturated carbocycles. The number of hydrogen-bond donors (Lipinski definition) is 1. The Kier molecular flexibility index (Phi) is 4.30. The van der Waals surface area contributed by atoms with Crippen LogP contribution < -0.4 is 4.74 Å². The highest BCUT2D eigenvalue weighted by molar-refractivity contribution is 5.90. The quantitative estimate of drug-likeness (QED) is 0.734. The third-order valence-corrected chi connectivity index (χ3v) is 8.75. The molecule has 3 aliphatic heterocycles. The van der Waals surface area contributed by atoms with E-state index in [1.807, 2.05) is 6.07 Å². The zero-order chi connectivity index (χ0) is 22.2. The van der Waals surface area contributed by atoms with Gasteiger partial charge in [0, 0.05) is 40.5 Å². The number of ether oxygens (including phenoxy) is 3. The molecule has 1 fully saturated rings. The molecular weight excluding hydrogens is 392 g/mol. The second-order valence-electron chi connectivity index (χ2n) is 10.1. The van der Waals surface area contributed by atoms with Crippen molar-refractivity contribution in [2.45, 2.75) is 52.2 Å². The summed E-state index contributed by atoms with van der Waals surface area (Å²) in [6, 6.07) is 6.24. The number of nitrogens with zero attached hydrogens (tertiary/aromatic N) is 1. The Balaban J connectivity index is 1.67. The molecule has 31 heavy (non-hydrogen) atoms. The number of carbonyl (C=O) groups excluding carboxylic acids is 1. The van der Waals surface area contributed by atoms with E-state index < -0.39 is 0 Å². The van der Waals surface area contributed by atoms with Crippen molar-refractivity contribution in [1.82, 2.24) is 9.88 Å². The predicted molar refractivity (Wildman–Crippen MR) is 119 cm³/mol. The predicted octanol–water partition coefficient (Wildman–Crippen LogP) is 4.14. The molecular formula is C25H32N2O4.